The zero-order valence-electron chi connectivity index (χ0n) is 13.6. The number of sulfonamides is 1. The van der Waals surface area contributed by atoms with Crippen LogP contribution >= 0.6 is 0 Å². The van der Waals surface area contributed by atoms with Gasteiger partial charge in [-0.1, -0.05) is 42.5 Å². The molecule has 0 N–H and O–H groups in total. The number of amides is 1. The molecule has 0 aliphatic carbocycles. The van der Waals surface area contributed by atoms with Crippen LogP contribution in [0.1, 0.15) is 11.1 Å². The molecule has 2 aromatic carbocycles. The Morgan fingerprint density at radius 3 is 2.33 bits per heavy atom. The van der Waals surface area contributed by atoms with Gasteiger partial charge in [0.2, 0.25) is 15.9 Å². The van der Waals surface area contributed by atoms with Crippen molar-refractivity contribution in [2.45, 2.75) is 13.0 Å². The third kappa shape index (κ3) is 3.59. The fraction of sp³-hybridized carbons (Fsp3) is 0.278. The number of benzene rings is 2. The van der Waals surface area contributed by atoms with Gasteiger partial charge in [0.15, 0.2) is 0 Å². The van der Waals surface area contributed by atoms with Crippen LogP contribution in [0.5, 0.6) is 0 Å². The summed E-state index contributed by atoms with van der Waals surface area (Å²) in [7, 11) is -3.53. The Bertz CT molecular complexity index is 834. The topological polar surface area (TPSA) is 57.7 Å². The van der Waals surface area contributed by atoms with Gasteiger partial charge in [0, 0.05) is 13.1 Å². The summed E-state index contributed by atoms with van der Waals surface area (Å²) in [6, 6.07) is 16.8. The van der Waals surface area contributed by atoms with Crippen LogP contribution in [0.4, 0.5) is 5.69 Å². The molecule has 126 valence electrons. The molecule has 5 nitrogen and oxygen atoms in total. The second-order valence-corrected chi connectivity index (χ2v) is 7.85. The molecular weight excluding hydrogens is 324 g/mol. The molecule has 1 heterocycles. The lowest BCUT2D eigenvalue weighted by Crippen LogP contribution is -2.44. The van der Waals surface area contributed by atoms with Crippen LogP contribution in [0.3, 0.4) is 0 Å². The Morgan fingerprint density at radius 1 is 1.04 bits per heavy atom. The third-order valence-electron chi connectivity index (χ3n) is 4.21. The number of anilines is 1. The smallest absolute Gasteiger partial charge is 0.243 e. The highest BCUT2D eigenvalue weighted by Gasteiger charge is 2.26. The summed E-state index contributed by atoms with van der Waals surface area (Å²) in [4.78, 5) is 14.4. The number of nitrogens with zero attached hydrogens (tertiary/aromatic N) is 2. The van der Waals surface area contributed by atoms with E-state index in [1.54, 1.807) is 29.2 Å². The first-order valence-electron chi connectivity index (χ1n) is 7.82. The molecule has 0 unspecified atom stereocenters. The van der Waals surface area contributed by atoms with Gasteiger partial charge in [-0.3, -0.25) is 9.10 Å². The number of carbonyl (C=O) groups is 1. The Hall–Kier alpha value is -2.34. The summed E-state index contributed by atoms with van der Waals surface area (Å²) in [6.07, 6.45) is 1.92. The SMILES string of the molecule is CS(=O)(=O)N(CC(=O)N1CCc2ccccc2C1)c1ccccc1. The van der Waals surface area contributed by atoms with Crippen LogP contribution in [0.25, 0.3) is 0 Å². The average molecular weight is 344 g/mol. The molecule has 1 aliphatic rings. The second-order valence-electron chi connectivity index (χ2n) is 5.94. The van der Waals surface area contributed by atoms with Crippen molar-refractivity contribution in [2.75, 3.05) is 23.7 Å². The maximum atomic E-state index is 12.7. The molecule has 0 fully saturated rings. The van der Waals surface area contributed by atoms with Crippen molar-refractivity contribution < 1.29 is 13.2 Å². The molecule has 2 aromatic rings. The number of rotatable bonds is 4. The normalized spacial score (nSPS) is 14.1. The highest BCUT2D eigenvalue weighted by Crippen LogP contribution is 2.21. The number of carbonyl (C=O) groups excluding carboxylic acids is 1. The maximum absolute atomic E-state index is 12.7. The number of fused-ring (bicyclic) bond motifs is 1. The summed E-state index contributed by atoms with van der Waals surface area (Å²) in [5, 5.41) is 0. The van der Waals surface area contributed by atoms with Gasteiger partial charge in [-0.25, -0.2) is 8.42 Å². The molecule has 0 saturated carbocycles. The van der Waals surface area contributed by atoms with Crippen molar-refractivity contribution in [2.24, 2.45) is 0 Å². The van der Waals surface area contributed by atoms with E-state index in [0.717, 1.165) is 22.5 Å². The van der Waals surface area contributed by atoms with E-state index in [9.17, 15) is 13.2 Å². The largest absolute Gasteiger partial charge is 0.336 e. The summed E-state index contributed by atoms with van der Waals surface area (Å²) in [5.41, 5.74) is 2.89. The first-order chi connectivity index (χ1) is 11.4. The van der Waals surface area contributed by atoms with Crippen molar-refractivity contribution in [1.82, 2.24) is 4.90 Å². The molecule has 0 atom stereocenters. The van der Waals surface area contributed by atoms with Crippen molar-refractivity contribution in [1.29, 1.82) is 0 Å². The van der Waals surface area contributed by atoms with Gasteiger partial charge in [-0.2, -0.15) is 0 Å². The second kappa shape index (κ2) is 6.65. The molecule has 24 heavy (non-hydrogen) atoms. The fourth-order valence-electron chi connectivity index (χ4n) is 2.93. The standard InChI is InChI=1S/C18H20N2O3S/c1-24(22,23)20(17-9-3-2-4-10-17)14-18(21)19-12-11-15-7-5-6-8-16(15)13-19/h2-10H,11-14H2,1H3. The van der Waals surface area contributed by atoms with Crippen LogP contribution in [0.2, 0.25) is 0 Å². The first-order valence-corrected chi connectivity index (χ1v) is 9.67. The Balaban J connectivity index is 1.78. The molecule has 0 radical (unpaired) electrons. The number of hydrogen-bond donors (Lipinski definition) is 0. The van der Waals surface area contributed by atoms with Crippen molar-refractivity contribution in [3.63, 3.8) is 0 Å². The van der Waals surface area contributed by atoms with E-state index in [1.165, 1.54) is 5.56 Å². The molecule has 0 spiro atoms. The van der Waals surface area contributed by atoms with Gasteiger partial charge >= 0.3 is 0 Å². The van der Waals surface area contributed by atoms with E-state index in [0.29, 0.717) is 18.8 Å². The summed E-state index contributed by atoms with van der Waals surface area (Å²) in [5.74, 6) is -0.182. The molecule has 1 amide bonds. The van der Waals surface area contributed by atoms with Crippen LogP contribution in [0, 0.1) is 0 Å². The van der Waals surface area contributed by atoms with Crippen LogP contribution in [-0.2, 0) is 27.8 Å². The molecule has 6 heteroatoms. The molecule has 0 aromatic heterocycles. The minimum Gasteiger partial charge on any atom is -0.336 e. The van der Waals surface area contributed by atoms with E-state index >= 15 is 0 Å². The zero-order chi connectivity index (χ0) is 17.2. The number of para-hydroxylation sites is 1. The van der Waals surface area contributed by atoms with E-state index < -0.39 is 10.0 Å². The monoisotopic (exact) mass is 344 g/mol. The zero-order valence-corrected chi connectivity index (χ0v) is 14.4. The van der Waals surface area contributed by atoms with Crippen LogP contribution < -0.4 is 4.31 Å². The highest BCUT2D eigenvalue weighted by molar-refractivity contribution is 7.92. The maximum Gasteiger partial charge on any atom is 0.243 e. The predicted molar refractivity (Wildman–Crippen MR) is 94.2 cm³/mol. The van der Waals surface area contributed by atoms with Crippen LogP contribution in [0.15, 0.2) is 54.6 Å². The summed E-state index contributed by atoms with van der Waals surface area (Å²) in [6.45, 7) is 0.967. The lowest BCUT2D eigenvalue weighted by Gasteiger charge is -2.31. The van der Waals surface area contributed by atoms with Crippen molar-refractivity contribution in [3.05, 3.63) is 65.7 Å². The Kier molecular flexibility index (Phi) is 4.57. The Labute approximate surface area is 142 Å². The van der Waals surface area contributed by atoms with Crippen LogP contribution in [-0.4, -0.2) is 38.6 Å². The minimum atomic E-state index is -3.53. The molecule has 1 aliphatic heterocycles. The van der Waals surface area contributed by atoms with E-state index in [4.69, 9.17) is 0 Å². The van der Waals surface area contributed by atoms with E-state index in [2.05, 4.69) is 6.07 Å². The lowest BCUT2D eigenvalue weighted by molar-refractivity contribution is -0.130. The highest BCUT2D eigenvalue weighted by atomic mass is 32.2. The minimum absolute atomic E-state index is 0.176. The van der Waals surface area contributed by atoms with Gasteiger partial charge in [0.25, 0.3) is 0 Å². The van der Waals surface area contributed by atoms with E-state index in [1.807, 2.05) is 24.3 Å². The number of hydrogen-bond acceptors (Lipinski definition) is 3. The van der Waals surface area contributed by atoms with Gasteiger partial charge in [0.05, 0.1) is 11.9 Å². The first kappa shape index (κ1) is 16.5. The molecule has 0 saturated heterocycles. The Morgan fingerprint density at radius 2 is 1.67 bits per heavy atom. The molecule has 3 rings (SSSR count). The van der Waals surface area contributed by atoms with Crippen molar-refractivity contribution in [3.8, 4) is 0 Å². The van der Waals surface area contributed by atoms with Gasteiger partial charge < -0.3 is 4.90 Å². The van der Waals surface area contributed by atoms with Gasteiger partial charge in [-0.05, 0) is 29.7 Å². The van der Waals surface area contributed by atoms with Crippen molar-refractivity contribution >= 4 is 21.6 Å². The third-order valence-corrected chi connectivity index (χ3v) is 5.35. The molecular formula is C18H20N2O3S. The lowest BCUT2D eigenvalue weighted by atomic mass is 10.00. The van der Waals surface area contributed by atoms with Gasteiger partial charge in [-0.15, -0.1) is 0 Å². The average Bonchev–Trinajstić information content (AvgIpc) is 2.58. The van der Waals surface area contributed by atoms with E-state index in [-0.39, 0.29) is 12.5 Å². The predicted octanol–water partition coefficient (Wildman–Crippen LogP) is 2.04. The summed E-state index contributed by atoms with van der Waals surface area (Å²) < 4.78 is 25.4. The van der Waals surface area contributed by atoms with Gasteiger partial charge in [0.1, 0.15) is 6.54 Å². The summed E-state index contributed by atoms with van der Waals surface area (Å²) >= 11 is 0. The quantitative estimate of drug-likeness (QED) is 0.853. The molecule has 0 bridgehead atoms. The fourth-order valence-corrected chi connectivity index (χ4v) is 3.78.